The molecule has 0 radical (unpaired) electrons. The molecule has 9 heteroatoms. The second-order valence-electron chi connectivity index (χ2n) is 9.30. The van der Waals surface area contributed by atoms with Crippen LogP contribution in [0.25, 0.3) is 0 Å². The van der Waals surface area contributed by atoms with Crippen LogP contribution in [0.5, 0.6) is 0 Å². The number of aliphatic hydroxyl groups excluding tert-OH is 1. The first-order chi connectivity index (χ1) is 15.8. The zero-order valence-electron chi connectivity index (χ0n) is 19.1. The van der Waals surface area contributed by atoms with Crippen LogP contribution >= 0.6 is 0 Å². The standard InChI is InChI=1S/C24H30N4O5/c1-16-17(3-4-18-19(16)14-32-23(18)31)20(29)13-27-9-7-24(8-10-27)15-28(11-12-33-24)21-5-6-22(30)26(2)25-21/h3-6,20,29H,7-15H2,1-2H3. The first-order valence-electron chi connectivity index (χ1n) is 11.5. The van der Waals surface area contributed by atoms with Gasteiger partial charge in [0.2, 0.25) is 0 Å². The third kappa shape index (κ3) is 4.16. The van der Waals surface area contributed by atoms with Gasteiger partial charge in [0.15, 0.2) is 0 Å². The molecule has 33 heavy (non-hydrogen) atoms. The van der Waals surface area contributed by atoms with Crippen molar-refractivity contribution in [2.45, 2.75) is 38.1 Å². The van der Waals surface area contributed by atoms with E-state index in [9.17, 15) is 14.7 Å². The van der Waals surface area contributed by atoms with E-state index in [0.29, 0.717) is 18.7 Å². The molecule has 9 nitrogen and oxygen atoms in total. The normalized spacial score (nSPS) is 21.2. The van der Waals surface area contributed by atoms with Crippen LogP contribution in [0.4, 0.5) is 5.82 Å². The Morgan fingerprint density at radius 1 is 1.15 bits per heavy atom. The summed E-state index contributed by atoms with van der Waals surface area (Å²) in [6, 6.07) is 6.94. The predicted octanol–water partition coefficient (Wildman–Crippen LogP) is 1.16. The number of carbonyl (C=O) groups is 1. The second-order valence-corrected chi connectivity index (χ2v) is 9.30. The molecule has 4 heterocycles. The summed E-state index contributed by atoms with van der Waals surface area (Å²) in [6.45, 7) is 6.55. The van der Waals surface area contributed by atoms with Crippen LogP contribution in [0.2, 0.25) is 0 Å². The molecular formula is C24H30N4O5. The fourth-order valence-corrected chi connectivity index (χ4v) is 5.22. The van der Waals surface area contributed by atoms with E-state index in [0.717, 1.165) is 61.5 Å². The third-order valence-corrected chi connectivity index (χ3v) is 7.28. The topological polar surface area (TPSA) is 97.1 Å². The number of hydrogen-bond donors (Lipinski definition) is 1. The van der Waals surface area contributed by atoms with Crippen LogP contribution in [0.1, 0.15) is 46.0 Å². The first-order valence-corrected chi connectivity index (χ1v) is 11.5. The van der Waals surface area contributed by atoms with E-state index in [2.05, 4.69) is 14.9 Å². The minimum Gasteiger partial charge on any atom is -0.457 e. The molecule has 1 atom stereocenters. The average Bonchev–Trinajstić information content (AvgIpc) is 3.19. The highest BCUT2D eigenvalue weighted by Crippen LogP contribution is 2.33. The van der Waals surface area contributed by atoms with E-state index < -0.39 is 6.10 Å². The summed E-state index contributed by atoms with van der Waals surface area (Å²) in [5, 5.41) is 15.3. The fraction of sp³-hybridized carbons (Fsp3) is 0.542. The summed E-state index contributed by atoms with van der Waals surface area (Å²) in [5.41, 5.74) is 2.93. The maximum atomic E-state index is 11.8. The molecule has 0 amide bonds. The molecule has 1 unspecified atom stereocenters. The number of aryl methyl sites for hydroxylation is 1. The summed E-state index contributed by atoms with van der Waals surface area (Å²) in [6.07, 6.45) is 1.11. The van der Waals surface area contributed by atoms with E-state index in [1.807, 2.05) is 13.0 Å². The molecule has 1 N–H and O–H groups in total. The van der Waals surface area contributed by atoms with E-state index in [1.165, 1.54) is 4.68 Å². The number of piperidine rings is 1. The molecule has 0 bridgehead atoms. The molecule has 1 spiro atoms. The molecule has 2 fully saturated rings. The van der Waals surface area contributed by atoms with Gasteiger partial charge in [-0.05, 0) is 43.0 Å². The predicted molar refractivity (Wildman–Crippen MR) is 121 cm³/mol. The highest BCUT2D eigenvalue weighted by atomic mass is 16.5. The first kappa shape index (κ1) is 22.1. The molecule has 2 saturated heterocycles. The van der Waals surface area contributed by atoms with Crippen LogP contribution < -0.4 is 10.5 Å². The number of aromatic nitrogens is 2. The van der Waals surface area contributed by atoms with Crippen molar-refractivity contribution in [3.8, 4) is 0 Å². The highest BCUT2D eigenvalue weighted by Gasteiger charge is 2.40. The number of cyclic esters (lactones) is 1. The van der Waals surface area contributed by atoms with E-state index in [4.69, 9.17) is 9.47 Å². The Morgan fingerprint density at radius 2 is 1.94 bits per heavy atom. The van der Waals surface area contributed by atoms with Crippen molar-refractivity contribution in [2.75, 3.05) is 44.2 Å². The quantitative estimate of drug-likeness (QED) is 0.688. The van der Waals surface area contributed by atoms with Gasteiger partial charge in [-0.1, -0.05) is 6.07 Å². The molecule has 3 aliphatic rings. The van der Waals surface area contributed by atoms with Crippen molar-refractivity contribution in [1.29, 1.82) is 0 Å². The SMILES string of the molecule is Cc1c(C(O)CN2CCC3(CC2)CN(c2ccc(=O)n(C)n2)CCO3)ccc2c1COC2=O. The minimum atomic E-state index is -0.626. The number of ether oxygens (including phenoxy) is 2. The molecule has 1 aromatic heterocycles. The number of β-amino-alcohol motifs (C(OH)–C–C–N with tert-alkyl or cyclic N) is 1. The summed E-state index contributed by atoms with van der Waals surface area (Å²) in [5.74, 6) is 0.511. The highest BCUT2D eigenvalue weighted by molar-refractivity contribution is 5.93. The van der Waals surface area contributed by atoms with Gasteiger partial charge in [0.05, 0.1) is 23.9 Å². The van der Waals surface area contributed by atoms with Crippen LogP contribution in [0.3, 0.4) is 0 Å². The Kier molecular flexibility index (Phi) is 5.72. The van der Waals surface area contributed by atoms with Gasteiger partial charge in [-0.25, -0.2) is 9.48 Å². The van der Waals surface area contributed by atoms with Crippen molar-refractivity contribution in [3.05, 3.63) is 56.9 Å². The van der Waals surface area contributed by atoms with Crippen molar-refractivity contribution < 1.29 is 19.4 Å². The molecule has 0 saturated carbocycles. The monoisotopic (exact) mass is 454 g/mol. The summed E-state index contributed by atoms with van der Waals surface area (Å²) >= 11 is 0. The lowest BCUT2D eigenvalue weighted by atomic mass is 9.88. The molecule has 2 aromatic rings. The molecule has 3 aliphatic heterocycles. The van der Waals surface area contributed by atoms with Crippen molar-refractivity contribution >= 4 is 11.8 Å². The van der Waals surface area contributed by atoms with E-state index >= 15 is 0 Å². The van der Waals surface area contributed by atoms with Crippen LogP contribution in [0.15, 0.2) is 29.1 Å². The summed E-state index contributed by atoms with van der Waals surface area (Å²) in [4.78, 5) is 27.9. The van der Waals surface area contributed by atoms with Gasteiger partial charge in [0.1, 0.15) is 12.4 Å². The average molecular weight is 455 g/mol. The smallest absolute Gasteiger partial charge is 0.338 e. The fourth-order valence-electron chi connectivity index (χ4n) is 5.22. The summed E-state index contributed by atoms with van der Waals surface area (Å²) in [7, 11) is 1.67. The number of esters is 1. The number of rotatable bonds is 4. The number of likely N-dealkylation sites (tertiary alicyclic amines) is 1. The number of carbonyl (C=O) groups excluding carboxylic acids is 1. The lowest BCUT2D eigenvalue weighted by Crippen LogP contribution is -2.57. The van der Waals surface area contributed by atoms with Crippen molar-refractivity contribution in [1.82, 2.24) is 14.7 Å². The van der Waals surface area contributed by atoms with Gasteiger partial charge >= 0.3 is 5.97 Å². The third-order valence-electron chi connectivity index (χ3n) is 7.28. The Morgan fingerprint density at radius 3 is 2.70 bits per heavy atom. The Balaban J connectivity index is 1.21. The Labute approximate surface area is 192 Å². The molecule has 176 valence electrons. The van der Waals surface area contributed by atoms with Crippen LogP contribution in [-0.4, -0.2) is 70.7 Å². The molecule has 5 rings (SSSR count). The van der Waals surface area contributed by atoms with Crippen molar-refractivity contribution in [3.63, 3.8) is 0 Å². The van der Waals surface area contributed by atoms with Gasteiger partial charge in [0, 0.05) is 51.4 Å². The Bertz CT molecular complexity index is 1120. The molecule has 0 aliphatic carbocycles. The van der Waals surface area contributed by atoms with Gasteiger partial charge in [0.25, 0.3) is 5.56 Å². The number of morpholine rings is 1. The van der Waals surface area contributed by atoms with E-state index in [-0.39, 0.29) is 23.7 Å². The zero-order valence-corrected chi connectivity index (χ0v) is 19.1. The number of anilines is 1. The molecule has 1 aromatic carbocycles. The number of nitrogens with zero attached hydrogens (tertiary/aromatic N) is 4. The number of fused-ring (bicyclic) bond motifs is 1. The van der Waals surface area contributed by atoms with E-state index in [1.54, 1.807) is 25.2 Å². The minimum absolute atomic E-state index is 0.119. The lowest BCUT2D eigenvalue weighted by Gasteiger charge is -2.47. The maximum Gasteiger partial charge on any atom is 0.338 e. The van der Waals surface area contributed by atoms with Crippen LogP contribution in [0, 0.1) is 6.92 Å². The van der Waals surface area contributed by atoms with Gasteiger partial charge in [-0.15, -0.1) is 0 Å². The lowest BCUT2D eigenvalue weighted by molar-refractivity contribution is -0.0945. The van der Waals surface area contributed by atoms with Crippen LogP contribution in [-0.2, 0) is 23.1 Å². The van der Waals surface area contributed by atoms with Gasteiger partial charge in [-0.3, -0.25) is 4.79 Å². The zero-order chi connectivity index (χ0) is 23.2. The largest absolute Gasteiger partial charge is 0.457 e. The summed E-state index contributed by atoms with van der Waals surface area (Å²) < 4.78 is 12.8. The number of benzene rings is 1. The second kappa shape index (κ2) is 8.55. The van der Waals surface area contributed by atoms with Crippen molar-refractivity contribution in [2.24, 2.45) is 7.05 Å². The Hall–Kier alpha value is -2.75. The molecular weight excluding hydrogens is 424 g/mol. The van der Waals surface area contributed by atoms with Gasteiger partial charge < -0.3 is 24.4 Å². The number of aliphatic hydroxyl groups is 1. The maximum absolute atomic E-state index is 11.8. The number of hydrogen-bond acceptors (Lipinski definition) is 8. The van der Waals surface area contributed by atoms with Gasteiger partial charge in [-0.2, -0.15) is 5.10 Å².